The van der Waals surface area contributed by atoms with Crippen molar-refractivity contribution in [3.05, 3.63) is 54.6 Å². The van der Waals surface area contributed by atoms with Crippen LogP contribution in [0.1, 0.15) is 10.4 Å². The first-order valence-electron chi connectivity index (χ1n) is 7.07. The van der Waals surface area contributed by atoms with Crippen LogP contribution in [0.3, 0.4) is 0 Å². The molecule has 1 aromatic carbocycles. The number of hydrogen-bond acceptors (Lipinski definition) is 6. The molecule has 0 aliphatic rings. The van der Waals surface area contributed by atoms with Gasteiger partial charge >= 0.3 is 5.69 Å². The molecule has 0 saturated carbocycles. The number of nitrogens with two attached hydrogens (primary N) is 1. The number of halogens is 2. The number of ketones is 1. The van der Waals surface area contributed by atoms with E-state index in [4.69, 9.17) is 38.4 Å². The van der Waals surface area contributed by atoms with Crippen LogP contribution >= 0.6 is 23.2 Å². The highest BCUT2D eigenvalue weighted by Gasteiger charge is 2.20. The van der Waals surface area contributed by atoms with Crippen molar-refractivity contribution in [3.63, 3.8) is 0 Å². The maximum atomic E-state index is 12.3. The van der Waals surface area contributed by atoms with Crippen molar-refractivity contribution in [3.8, 4) is 5.75 Å². The van der Waals surface area contributed by atoms with Crippen molar-refractivity contribution in [1.29, 1.82) is 0 Å². The van der Waals surface area contributed by atoms with E-state index in [0.29, 0.717) is 5.02 Å². The van der Waals surface area contributed by atoms with Crippen LogP contribution in [-0.2, 0) is 11.3 Å². The van der Waals surface area contributed by atoms with Gasteiger partial charge in [0.2, 0.25) is 5.78 Å². The Kier molecular flexibility index (Phi) is 6.24. The quantitative estimate of drug-likeness (QED) is 0.692. The maximum absolute atomic E-state index is 12.3. The molecule has 25 heavy (non-hydrogen) atoms. The van der Waals surface area contributed by atoms with Crippen LogP contribution in [0.4, 0.5) is 5.82 Å². The zero-order chi connectivity index (χ0) is 18.6. The fraction of sp³-hybridized carbons (Fsp3) is 0.267. The van der Waals surface area contributed by atoms with Gasteiger partial charge in [-0.3, -0.25) is 19.1 Å². The standard InChI is InChI=1S/C15H15Cl2N3O5/c1-24-5-4-20-13(18)12(14(22)19-15(20)23)10(21)7-25-11-3-2-8(16)6-9(11)17/h2-3,6H,4-5,7,18H2,1H3,(H,19,22,23). The normalized spacial score (nSPS) is 10.7. The van der Waals surface area contributed by atoms with Crippen molar-refractivity contribution in [2.24, 2.45) is 0 Å². The van der Waals surface area contributed by atoms with E-state index in [0.717, 1.165) is 4.57 Å². The summed E-state index contributed by atoms with van der Waals surface area (Å²) in [5.41, 5.74) is 3.85. The fourth-order valence-electron chi connectivity index (χ4n) is 2.07. The minimum Gasteiger partial charge on any atom is -0.484 e. The van der Waals surface area contributed by atoms with Gasteiger partial charge in [-0.2, -0.15) is 0 Å². The molecule has 134 valence electrons. The van der Waals surface area contributed by atoms with E-state index in [1.807, 2.05) is 0 Å². The summed E-state index contributed by atoms with van der Waals surface area (Å²) in [6.45, 7) is -0.222. The zero-order valence-electron chi connectivity index (χ0n) is 13.2. The van der Waals surface area contributed by atoms with Gasteiger partial charge in [0.1, 0.15) is 17.1 Å². The van der Waals surface area contributed by atoms with Crippen LogP contribution < -0.4 is 21.7 Å². The van der Waals surface area contributed by atoms with Gasteiger partial charge in [0, 0.05) is 12.1 Å². The van der Waals surface area contributed by atoms with E-state index < -0.39 is 23.6 Å². The number of Topliss-reactive ketones (excluding diaryl/α,β-unsaturated/α-hetero) is 1. The Hall–Kier alpha value is -2.29. The molecule has 0 radical (unpaired) electrons. The van der Waals surface area contributed by atoms with E-state index in [1.54, 1.807) is 6.07 Å². The Morgan fingerprint density at radius 3 is 2.68 bits per heavy atom. The Labute approximate surface area is 152 Å². The van der Waals surface area contributed by atoms with E-state index in [9.17, 15) is 14.4 Å². The van der Waals surface area contributed by atoms with Gasteiger partial charge in [-0.1, -0.05) is 23.2 Å². The first-order valence-corrected chi connectivity index (χ1v) is 7.83. The van der Waals surface area contributed by atoms with Gasteiger partial charge in [-0.25, -0.2) is 4.79 Å². The van der Waals surface area contributed by atoms with Gasteiger partial charge < -0.3 is 15.2 Å². The molecule has 0 aliphatic carbocycles. The van der Waals surface area contributed by atoms with Crippen molar-refractivity contribution in [1.82, 2.24) is 9.55 Å². The molecule has 1 heterocycles. The van der Waals surface area contributed by atoms with Crippen LogP contribution in [0.15, 0.2) is 27.8 Å². The lowest BCUT2D eigenvalue weighted by molar-refractivity contribution is 0.0920. The molecule has 8 nitrogen and oxygen atoms in total. The first-order chi connectivity index (χ1) is 11.8. The topological polar surface area (TPSA) is 116 Å². The van der Waals surface area contributed by atoms with Gasteiger partial charge in [0.05, 0.1) is 18.2 Å². The third-order valence-electron chi connectivity index (χ3n) is 3.29. The predicted molar refractivity (Wildman–Crippen MR) is 93.9 cm³/mol. The molecular formula is C15H15Cl2N3O5. The van der Waals surface area contributed by atoms with Crippen LogP contribution in [0.5, 0.6) is 5.75 Å². The van der Waals surface area contributed by atoms with Crippen LogP contribution in [0.2, 0.25) is 10.0 Å². The Morgan fingerprint density at radius 2 is 2.04 bits per heavy atom. The second-order valence-electron chi connectivity index (χ2n) is 4.95. The SMILES string of the molecule is COCCn1c(N)c(C(=O)COc2ccc(Cl)cc2Cl)c(=O)[nH]c1=O. The van der Waals surface area contributed by atoms with E-state index in [1.165, 1.54) is 19.2 Å². The Balaban J connectivity index is 2.26. The number of H-pyrrole nitrogens is 1. The van der Waals surface area contributed by atoms with Crippen molar-refractivity contribution < 1.29 is 14.3 Å². The highest BCUT2D eigenvalue weighted by molar-refractivity contribution is 6.35. The molecule has 0 spiro atoms. The van der Waals surface area contributed by atoms with Crippen LogP contribution in [0.25, 0.3) is 0 Å². The summed E-state index contributed by atoms with van der Waals surface area (Å²) < 4.78 is 11.2. The fourth-order valence-corrected chi connectivity index (χ4v) is 2.53. The zero-order valence-corrected chi connectivity index (χ0v) is 14.7. The van der Waals surface area contributed by atoms with Gasteiger partial charge in [0.15, 0.2) is 6.61 Å². The third kappa shape index (κ3) is 4.41. The summed E-state index contributed by atoms with van der Waals surface area (Å²) >= 11 is 11.7. The summed E-state index contributed by atoms with van der Waals surface area (Å²) in [4.78, 5) is 38.1. The molecule has 2 aromatic rings. The first kappa shape index (κ1) is 19.0. The van der Waals surface area contributed by atoms with E-state index in [-0.39, 0.29) is 35.3 Å². The summed E-state index contributed by atoms with van der Waals surface area (Å²) in [7, 11) is 1.45. The number of methoxy groups -OCH3 is 1. The largest absolute Gasteiger partial charge is 0.484 e. The molecule has 0 fully saturated rings. The number of aromatic nitrogens is 2. The maximum Gasteiger partial charge on any atom is 0.330 e. The Bertz CT molecular complexity index is 907. The minimum absolute atomic E-state index is 0.0854. The number of benzene rings is 1. The lowest BCUT2D eigenvalue weighted by Crippen LogP contribution is -2.37. The summed E-state index contributed by atoms with van der Waals surface area (Å²) in [5.74, 6) is -0.723. The van der Waals surface area contributed by atoms with E-state index in [2.05, 4.69) is 4.98 Å². The predicted octanol–water partition coefficient (Wildman–Crippen LogP) is 1.33. The van der Waals surface area contributed by atoms with Crippen molar-refractivity contribution in [2.45, 2.75) is 6.54 Å². The van der Waals surface area contributed by atoms with Gasteiger partial charge in [-0.05, 0) is 18.2 Å². The third-order valence-corrected chi connectivity index (χ3v) is 3.82. The number of carbonyl (C=O) groups excluding carboxylic acids is 1. The highest BCUT2D eigenvalue weighted by atomic mass is 35.5. The number of nitrogens with one attached hydrogen (secondary N) is 1. The van der Waals surface area contributed by atoms with Gasteiger partial charge in [0.25, 0.3) is 5.56 Å². The van der Waals surface area contributed by atoms with Crippen molar-refractivity contribution in [2.75, 3.05) is 26.1 Å². The second-order valence-corrected chi connectivity index (χ2v) is 5.79. The number of hydrogen-bond donors (Lipinski definition) is 2. The lowest BCUT2D eigenvalue weighted by Gasteiger charge is -2.12. The monoisotopic (exact) mass is 387 g/mol. The summed E-state index contributed by atoms with van der Waals surface area (Å²) in [6.07, 6.45) is 0. The average molecular weight is 388 g/mol. The van der Waals surface area contributed by atoms with Crippen LogP contribution in [0, 0.1) is 0 Å². The Morgan fingerprint density at radius 1 is 1.32 bits per heavy atom. The number of nitrogen functional groups attached to an aromatic ring is 1. The summed E-state index contributed by atoms with van der Waals surface area (Å²) in [6, 6.07) is 4.49. The number of ether oxygens (including phenoxy) is 2. The molecule has 0 unspecified atom stereocenters. The number of anilines is 1. The molecule has 0 aliphatic heterocycles. The lowest BCUT2D eigenvalue weighted by atomic mass is 10.2. The molecule has 2 rings (SSSR count). The van der Waals surface area contributed by atoms with Crippen molar-refractivity contribution >= 4 is 34.8 Å². The molecule has 0 atom stereocenters. The molecule has 0 bridgehead atoms. The number of nitrogens with zero attached hydrogens (tertiary/aromatic N) is 1. The van der Waals surface area contributed by atoms with Crippen LogP contribution in [-0.4, -0.2) is 35.7 Å². The van der Waals surface area contributed by atoms with Gasteiger partial charge in [-0.15, -0.1) is 0 Å². The smallest absolute Gasteiger partial charge is 0.330 e. The second kappa shape index (κ2) is 8.19. The summed E-state index contributed by atoms with van der Waals surface area (Å²) in [5, 5.41) is 0.627. The molecule has 0 saturated heterocycles. The highest BCUT2D eigenvalue weighted by Crippen LogP contribution is 2.27. The molecule has 0 amide bonds. The minimum atomic E-state index is -0.882. The molecule has 1 aromatic heterocycles. The number of aromatic amines is 1. The number of rotatable bonds is 7. The van der Waals surface area contributed by atoms with E-state index >= 15 is 0 Å². The average Bonchev–Trinajstić information content (AvgIpc) is 2.53. The molecule has 3 N–H and O–H groups in total. The molecule has 10 heteroatoms. The number of carbonyl (C=O) groups is 1. The molecular weight excluding hydrogens is 373 g/mol.